The molecular weight excluding hydrogens is 372 g/mol. The number of carbonyl (C=O) groups is 3. The number of benzene rings is 2. The lowest BCUT2D eigenvalue weighted by atomic mass is 10.0. The summed E-state index contributed by atoms with van der Waals surface area (Å²) in [5, 5.41) is 30.0. The van der Waals surface area contributed by atoms with Gasteiger partial charge in [0.1, 0.15) is 22.6 Å². The Hall–Kier alpha value is -3.59. The molecule has 0 aliphatic carbocycles. The van der Waals surface area contributed by atoms with E-state index in [-0.39, 0.29) is 51.7 Å². The maximum Gasteiger partial charge on any atom is 0.347 e. The molecule has 2 aromatic rings. The highest BCUT2D eigenvalue weighted by Gasteiger charge is 2.35. The summed E-state index contributed by atoms with van der Waals surface area (Å²) in [6.07, 6.45) is 0.315. The number of fused-ring (bicyclic) bond motifs is 2. The molecule has 0 spiro atoms. The minimum absolute atomic E-state index is 0.0293. The van der Waals surface area contributed by atoms with E-state index in [9.17, 15) is 29.7 Å². The summed E-state index contributed by atoms with van der Waals surface area (Å²) in [6.45, 7) is 2.59. The van der Waals surface area contributed by atoms with E-state index in [0.717, 1.165) is 0 Å². The van der Waals surface area contributed by atoms with E-state index in [2.05, 4.69) is 0 Å². The van der Waals surface area contributed by atoms with Crippen molar-refractivity contribution in [2.75, 3.05) is 7.11 Å². The maximum absolute atomic E-state index is 12.7. The van der Waals surface area contributed by atoms with Crippen molar-refractivity contribution in [1.29, 1.82) is 0 Å². The predicted molar refractivity (Wildman–Crippen MR) is 93.8 cm³/mol. The Labute approximate surface area is 158 Å². The van der Waals surface area contributed by atoms with E-state index >= 15 is 0 Å². The lowest BCUT2D eigenvalue weighted by Gasteiger charge is -2.18. The van der Waals surface area contributed by atoms with Crippen LogP contribution in [0.3, 0.4) is 0 Å². The second-order valence-electron chi connectivity index (χ2n) is 6.16. The topological polar surface area (TPSA) is 140 Å². The van der Waals surface area contributed by atoms with Crippen LogP contribution in [0.2, 0.25) is 0 Å². The van der Waals surface area contributed by atoms with Crippen LogP contribution in [0.4, 0.5) is 0 Å². The summed E-state index contributed by atoms with van der Waals surface area (Å²) in [4.78, 5) is 35.9. The summed E-state index contributed by atoms with van der Waals surface area (Å²) in [6, 6.07) is 1.21. The molecule has 0 saturated heterocycles. The van der Waals surface area contributed by atoms with Crippen LogP contribution in [0.15, 0.2) is 6.07 Å². The van der Waals surface area contributed by atoms with Gasteiger partial charge in [-0.25, -0.2) is 9.59 Å². The largest absolute Gasteiger partial charge is 0.507 e. The van der Waals surface area contributed by atoms with E-state index in [1.165, 1.54) is 27.0 Å². The van der Waals surface area contributed by atoms with E-state index in [0.29, 0.717) is 6.29 Å². The second kappa shape index (κ2) is 6.86. The van der Waals surface area contributed by atoms with Crippen molar-refractivity contribution in [3.05, 3.63) is 39.4 Å². The molecule has 9 heteroatoms. The van der Waals surface area contributed by atoms with Gasteiger partial charge in [0, 0.05) is 12.7 Å². The number of aryl methyl sites for hydroxylation is 1. The Bertz CT molecular complexity index is 1040. The molecule has 146 valence electrons. The molecule has 28 heavy (non-hydrogen) atoms. The number of hydrogen-bond donors (Lipinski definition) is 3. The number of hydrogen-bond acceptors (Lipinski definition) is 8. The van der Waals surface area contributed by atoms with Gasteiger partial charge < -0.3 is 29.5 Å². The number of phenolic OH excluding ortho intramolecular Hbond substituents is 1. The minimum Gasteiger partial charge on any atom is -0.507 e. The first-order valence-corrected chi connectivity index (χ1v) is 8.05. The lowest BCUT2D eigenvalue weighted by molar-refractivity contribution is 0.0691. The van der Waals surface area contributed by atoms with Crippen LogP contribution in [-0.2, 0) is 11.3 Å². The fourth-order valence-corrected chi connectivity index (χ4v) is 3.13. The van der Waals surface area contributed by atoms with E-state index in [1.54, 1.807) is 0 Å². The number of aromatic hydroxyl groups is 2. The van der Waals surface area contributed by atoms with E-state index < -0.39 is 29.0 Å². The second-order valence-corrected chi connectivity index (χ2v) is 6.16. The van der Waals surface area contributed by atoms with Gasteiger partial charge in [0.25, 0.3) is 0 Å². The zero-order valence-corrected chi connectivity index (χ0v) is 15.2. The molecule has 0 aromatic heterocycles. The van der Waals surface area contributed by atoms with Gasteiger partial charge in [-0.05, 0) is 25.5 Å². The van der Waals surface area contributed by atoms with Gasteiger partial charge in [-0.2, -0.15) is 0 Å². The van der Waals surface area contributed by atoms with Gasteiger partial charge >= 0.3 is 11.9 Å². The van der Waals surface area contributed by atoms with Crippen LogP contribution >= 0.6 is 0 Å². The Morgan fingerprint density at radius 1 is 1.18 bits per heavy atom. The average Bonchev–Trinajstić information content (AvgIpc) is 2.75. The number of aldehydes is 1. The normalized spacial score (nSPS) is 12.3. The van der Waals surface area contributed by atoms with E-state index in [4.69, 9.17) is 14.2 Å². The van der Waals surface area contributed by atoms with E-state index in [1.807, 2.05) is 0 Å². The molecular formula is C19H16O9. The zero-order valence-electron chi connectivity index (χ0n) is 15.2. The first kappa shape index (κ1) is 19.2. The third-order valence-electron chi connectivity index (χ3n) is 4.44. The number of rotatable bonds is 4. The number of phenols is 2. The highest BCUT2D eigenvalue weighted by molar-refractivity contribution is 6.02. The Balaban J connectivity index is 2.42. The van der Waals surface area contributed by atoms with Crippen molar-refractivity contribution in [2.24, 2.45) is 0 Å². The molecule has 3 rings (SSSR count). The predicted octanol–water partition coefficient (Wildman–Crippen LogP) is 2.70. The SMILES string of the molecule is COCc1c(O)c(C(=O)O)c(C)c2c1OC(=O)c1c(C)cc(O)c(C=O)c1O2. The number of ether oxygens (including phenoxy) is 3. The molecule has 0 bridgehead atoms. The number of carbonyl (C=O) groups excluding carboxylic acids is 2. The Kier molecular flexibility index (Phi) is 4.70. The molecule has 0 atom stereocenters. The van der Waals surface area contributed by atoms with Crippen LogP contribution < -0.4 is 9.47 Å². The number of esters is 1. The van der Waals surface area contributed by atoms with Gasteiger partial charge in [-0.1, -0.05) is 0 Å². The van der Waals surface area contributed by atoms with Crippen LogP contribution in [0, 0.1) is 13.8 Å². The molecule has 0 saturated carbocycles. The van der Waals surface area contributed by atoms with Crippen molar-refractivity contribution < 1.29 is 43.9 Å². The van der Waals surface area contributed by atoms with Gasteiger partial charge in [0.05, 0.1) is 17.7 Å². The van der Waals surface area contributed by atoms with Crippen molar-refractivity contribution in [1.82, 2.24) is 0 Å². The standard InChI is InChI=1S/C19H16O9/c1-7-4-11(21)9(5-20)16-12(7)19(25)28-17-10(6-26-3)14(22)13(18(23)24)8(2)15(17)27-16/h4-5,21-22H,6H2,1-3H3,(H,23,24). The average molecular weight is 388 g/mol. The van der Waals surface area contributed by atoms with Crippen molar-refractivity contribution in [3.63, 3.8) is 0 Å². The molecule has 0 unspecified atom stereocenters. The van der Waals surface area contributed by atoms with Crippen LogP contribution in [0.5, 0.6) is 28.7 Å². The van der Waals surface area contributed by atoms with Gasteiger partial charge in [0.2, 0.25) is 0 Å². The molecule has 1 heterocycles. The minimum atomic E-state index is -1.43. The van der Waals surface area contributed by atoms with Gasteiger partial charge in [-0.15, -0.1) is 0 Å². The van der Waals surface area contributed by atoms with Crippen molar-refractivity contribution in [3.8, 4) is 28.7 Å². The summed E-state index contributed by atoms with van der Waals surface area (Å²) in [5.41, 5.74) is -0.702. The molecule has 0 fully saturated rings. The number of methoxy groups -OCH3 is 1. The highest BCUT2D eigenvalue weighted by atomic mass is 16.6. The Morgan fingerprint density at radius 2 is 1.86 bits per heavy atom. The Morgan fingerprint density at radius 3 is 2.43 bits per heavy atom. The molecule has 0 radical (unpaired) electrons. The highest BCUT2D eigenvalue weighted by Crippen LogP contribution is 2.50. The fourth-order valence-electron chi connectivity index (χ4n) is 3.13. The lowest BCUT2D eigenvalue weighted by Crippen LogP contribution is -2.12. The number of carboxylic acid groups (broad SMARTS) is 1. The molecule has 9 nitrogen and oxygen atoms in total. The molecule has 1 aliphatic heterocycles. The summed E-state index contributed by atoms with van der Waals surface area (Å²) in [7, 11) is 1.31. The number of carboxylic acids is 1. The zero-order chi connectivity index (χ0) is 20.7. The summed E-state index contributed by atoms with van der Waals surface area (Å²) < 4.78 is 16.1. The monoisotopic (exact) mass is 388 g/mol. The molecule has 0 amide bonds. The van der Waals surface area contributed by atoms with Crippen LogP contribution in [0.1, 0.15) is 47.8 Å². The molecule has 1 aliphatic rings. The summed E-state index contributed by atoms with van der Waals surface area (Å²) in [5.74, 6) is -4.02. The summed E-state index contributed by atoms with van der Waals surface area (Å²) >= 11 is 0. The van der Waals surface area contributed by atoms with Crippen LogP contribution in [0.25, 0.3) is 0 Å². The smallest absolute Gasteiger partial charge is 0.347 e. The molecule has 3 N–H and O–H groups in total. The van der Waals surface area contributed by atoms with Crippen LogP contribution in [-0.4, -0.2) is 40.7 Å². The fraction of sp³-hybridized carbons (Fsp3) is 0.211. The third-order valence-corrected chi connectivity index (χ3v) is 4.44. The van der Waals surface area contributed by atoms with Crippen molar-refractivity contribution in [2.45, 2.75) is 20.5 Å². The first-order chi connectivity index (χ1) is 13.2. The van der Waals surface area contributed by atoms with Crippen molar-refractivity contribution >= 4 is 18.2 Å². The molecule has 2 aromatic carbocycles. The first-order valence-electron chi connectivity index (χ1n) is 8.05. The van der Waals surface area contributed by atoms with Gasteiger partial charge in [0.15, 0.2) is 23.5 Å². The quantitative estimate of drug-likeness (QED) is 0.410. The maximum atomic E-state index is 12.7. The third kappa shape index (κ3) is 2.72. The van der Waals surface area contributed by atoms with Gasteiger partial charge in [-0.3, -0.25) is 4.79 Å². The number of aromatic carboxylic acids is 1.